The molecule has 1 N–H and O–H groups in total. The van der Waals surface area contributed by atoms with Crippen LogP contribution in [0.1, 0.15) is 6.92 Å². The van der Waals surface area contributed by atoms with Gasteiger partial charge in [0.25, 0.3) is 5.09 Å². The minimum Gasteiger partial charge on any atom is -0.335 e. The Bertz CT molecular complexity index is 372. The van der Waals surface area contributed by atoms with Crippen molar-refractivity contribution in [2.45, 2.75) is 6.92 Å². The molecule has 0 aliphatic rings. The lowest BCUT2D eigenvalue weighted by Gasteiger charge is -2.11. The van der Waals surface area contributed by atoms with E-state index in [4.69, 9.17) is 4.76 Å². The lowest BCUT2D eigenvalue weighted by atomic mass is 9.80. The van der Waals surface area contributed by atoms with Crippen LogP contribution in [0.3, 0.4) is 0 Å². The normalized spacial score (nSPS) is 9.31. The quantitative estimate of drug-likeness (QED) is 0.419. The SMILES string of the molecule is CC(=O)NOB(O[N+](=O)[O-])c1ccccc1. The molecule has 0 aromatic heterocycles. The molecule has 0 bridgehead atoms. The van der Waals surface area contributed by atoms with Crippen molar-refractivity contribution in [2.24, 2.45) is 0 Å². The summed E-state index contributed by atoms with van der Waals surface area (Å²) in [4.78, 5) is 20.8. The zero-order valence-electron chi connectivity index (χ0n) is 8.45. The first-order valence-electron chi connectivity index (χ1n) is 4.38. The molecular weight excluding hydrogens is 215 g/mol. The fourth-order valence-electron chi connectivity index (χ4n) is 0.975. The number of hydrogen-bond acceptors (Lipinski definition) is 5. The van der Waals surface area contributed by atoms with Crippen LogP contribution in [0.2, 0.25) is 0 Å². The monoisotopic (exact) mass is 224 g/mol. The minimum absolute atomic E-state index is 0.424. The first-order valence-corrected chi connectivity index (χ1v) is 4.38. The van der Waals surface area contributed by atoms with Crippen LogP contribution in [0.25, 0.3) is 0 Å². The predicted octanol–water partition coefficient (Wildman–Crippen LogP) is -0.342. The van der Waals surface area contributed by atoms with Gasteiger partial charge in [0.05, 0.1) is 0 Å². The molecule has 0 atom stereocenters. The number of nitrogens with one attached hydrogen (secondary N) is 1. The van der Waals surface area contributed by atoms with Gasteiger partial charge in [-0.15, -0.1) is 10.1 Å². The summed E-state index contributed by atoms with van der Waals surface area (Å²) in [5.41, 5.74) is 2.41. The third-order valence-electron chi connectivity index (χ3n) is 1.56. The molecule has 0 aliphatic carbocycles. The van der Waals surface area contributed by atoms with E-state index in [1.54, 1.807) is 30.3 Å². The van der Waals surface area contributed by atoms with Gasteiger partial charge < -0.3 is 4.76 Å². The maximum atomic E-state index is 10.6. The van der Waals surface area contributed by atoms with E-state index in [0.29, 0.717) is 5.46 Å². The number of amides is 1. The summed E-state index contributed by atoms with van der Waals surface area (Å²) in [6.45, 7) is 1.22. The molecule has 1 amide bonds. The molecule has 7 nitrogen and oxygen atoms in total. The van der Waals surface area contributed by atoms with Gasteiger partial charge in [-0.2, -0.15) is 0 Å². The summed E-state index contributed by atoms with van der Waals surface area (Å²) in [6, 6.07) is 8.24. The summed E-state index contributed by atoms with van der Waals surface area (Å²) < 4.78 is 9.01. The second-order valence-corrected chi connectivity index (χ2v) is 2.85. The highest BCUT2D eigenvalue weighted by Gasteiger charge is 2.25. The molecule has 0 saturated heterocycles. The summed E-state index contributed by atoms with van der Waals surface area (Å²) >= 11 is 0. The van der Waals surface area contributed by atoms with Gasteiger partial charge in [0, 0.05) is 6.92 Å². The molecule has 0 unspecified atom stereocenters. The fourth-order valence-corrected chi connectivity index (χ4v) is 0.975. The number of carbonyl (C=O) groups is 1. The molecule has 8 heteroatoms. The van der Waals surface area contributed by atoms with Crippen LogP contribution in [0.4, 0.5) is 0 Å². The van der Waals surface area contributed by atoms with Crippen molar-refractivity contribution >= 4 is 18.5 Å². The first kappa shape index (κ1) is 12.0. The third kappa shape index (κ3) is 3.97. The van der Waals surface area contributed by atoms with Gasteiger partial charge in [0.2, 0.25) is 5.91 Å². The largest absolute Gasteiger partial charge is 0.559 e. The van der Waals surface area contributed by atoms with Gasteiger partial charge in [-0.25, -0.2) is 5.48 Å². The van der Waals surface area contributed by atoms with Gasteiger partial charge >= 0.3 is 7.12 Å². The molecule has 16 heavy (non-hydrogen) atoms. The van der Waals surface area contributed by atoms with Crippen LogP contribution < -0.4 is 10.9 Å². The minimum atomic E-state index is -1.28. The Labute approximate surface area is 91.6 Å². The van der Waals surface area contributed by atoms with E-state index in [9.17, 15) is 14.9 Å². The van der Waals surface area contributed by atoms with Gasteiger partial charge in [0.15, 0.2) is 0 Å². The van der Waals surface area contributed by atoms with Crippen molar-refractivity contribution in [3.63, 3.8) is 0 Å². The fraction of sp³-hybridized carbons (Fsp3) is 0.125. The Hall–Kier alpha value is -2.09. The molecule has 0 spiro atoms. The van der Waals surface area contributed by atoms with Crippen molar-refractivity contribution in [3.8, 4) is 0 Å². The van der Waals surface area contributed by atoms with Crippen molar-refractivity contribution in [2.75, 3.05) is 0 Å². The highest BCUT2D eigenvalue weighted by Crippen LogP contribution is 1.92. The maximum Gasteiger partial charge on any atom is 0.559 e. The van der Waals surface area contributed by atoms with Gasteiger partial charge in [-0.3, -0.25) is 9.55 Å². The second kappa shape index (κ2) is 5.71. The maximum absolute atomic E-state index is 10.6. The zero-order valence-corrected chi connectivity index (χ0v) is 8.45. The van der Waals surface area contributed by atoms with E-state index in [1.807, 2.05) is 5.48 Å². The van der Waals surface area contributed by atoms with E-state index >= 15 is 0 Å². The Morgan fingerprint density at radius 2 is 2.06 bits per heavy atom. The number of nitrogens with zero attached hydrogens (tertiary/aromatic N) is 1. The molecule has 0 heterocycles. The standard InChI is InChI=1S/C8H9BN2O5/c1-7(12)10-15-9(16-11(13)14)8-5-3-2-4-6-8/h2-6H,1H3,(H,10,12). The summed E-state index contributed by atoms with van der Waals surface area (Å²) in [6.07, 6.45) is 0. The summed E-state index contributed by atoms with van der Waals surface area (Å²) in [5.74, 6) is -0.479. The Morgan fingerprint density at radius 3 is 2.56 bits per heavy atom. The number of benzene rings is 1. The predicted molar refractivity (Wildman–Crippen MR) is 54.8 cm³/mol. The molecule has 84 valence electrons. The van der Waals surface area contributed by atoms with E-state index in [1.165, 1.54) is 6.92 Å². The lowest BCUT2D eigenvalue weighted by Crippen LogP contribution is -2.43. The Kier molecular flexibility index (Phi) is 4.28. The topological polar surface area (TPSA) is 90.7 Å². The van der Waals surface area contributed by atoms with E-state index in [2.05, 4.69) is 4.76 Å². The van der Waals surface area contributed by atoms with Crippen LogP contribution in [-0.2, 0) is 14.3 Å². The smallest absolute Gasteiger partial charge is 0.335 e. The second-order valence-electron chi connectivity index (χ2n) is 2.85. The van der Waals surface area contributed by atoms with E-state index in [-0.39, 0.29) is 0 Å². The lowest BCUT2D eigenvalue weighted by molar-refractivity contribution is -0.721. The van der Waals surface area contributed by atoms with Gasteiger partial charge in [0.1, 0.15) is 0 Å². The Morgan fingerprint density at radius 1 is 1.44 bits per heavy atom. The molecule has 0 saturated carbocycles. The molecule has 1 aromatic rings. The van der Waals surface area contributed by atoms with Crippen molar-refractivity contribution in [3.05, 3.63) is 40.4 Å². The Balaban J connectivity index is 2.71. The van der Waals surface area contributed by atoms with Crippen LogP contribution in [0, 0.1) is 10.1 Å². The molecule has 0 fully saturated rings. The first-order chi connectivity index (χ1) is 7.59. The van der Waals surface area contributed by atoms with Gasteiger partial charge in [-0.1, -0.05) is 30.3 Å². The van der Waals surface area contributed by atoms with E-state index < -0.39 is 18.1 Å². The molecule has 1 aromatic carbocycles. The van der Waals surface area contributed by atoms with Crippen LogP contribution in [0.15, 0.2) is 30.3 Å². The highest BCUT2D eigenvalue weighted by atomic mass is 17.0. The van der Waals surface area contributed by atoms with Crippen LogP contribution in [0.5, 0.6) is 0 Å². The number of carbonyl (C=O) groups excluding carboxylic acids is 1. The number of hydrogen-bond donors (Lipinski definition) is 1. The molecular formula is C8H9BN2O5. The molecule has 0 radical (unpaired) electrons. The van der Waals surface area contributed by atoms with E-state index in [0.717, 1.165) is 0 Å². The van der Waals surface area contributed by atoms with Crippen molar-refractivity contribution < 1.29 is 19.4 Å². The average Bonchev–Trinajstić information content (AvgIpc) is 2.25. The van der Waals surface area contributed by atoms with Crippen LogP contribution in [-0.4, -0.2) is 18.1 Å². The third-order valence-corrected chi connectivity index (χ3v) is 1.56. The summed E-state index contributed by atoms with van der Waals surface area (Å²) in [5, 5.41) is 9.23. The van der Waals surface area contributed by atoms with Crippen LogP contribution >= 0.6 is 0 Å². The average molecular weight is 224 g/mol. The molecule has 0 aliphatic heterocycles. The van der Waals surface area contributed by atoms with Crippen molar-refractivity contribution in [1.82, 2.24) is 5.48 Å². The zero-order chi connectivity index (χ0) is 12.0. The number of rotatable bonds is 5. The summed E-state index contributed by atoms with van der Waals surface area (Å²) in [7, 11) is -1.28. The molecule has 1 rings (SSSR count). The van der Waals surface area contributed by atoms with Gasteiger partial charge in [-0.05, 0) is 5.46 Å². The highest BCUT2D eigenvalue weighted by molar-refractivity contribution is 6.60. The number of hydroxylamine groups is 1. The van der Waals surface area contributed by atoms with Crippen molar-refractivity contribution in [1.29, 1.82) is 0 Å².